The molecule has 0 aromatic carbocycles. The van der Waals surface area contributed by atoms with Crippen LogP contribution in [0, 0.1) is 0 Å². The number of anilines is 1. The van der Waals surface area contributed by atoms with Crippen molar-refractivity contribution in [3.63, 3.8) is 0 Å². The molecule has 1 aromatic rings. The van der Waals surface area contributed by atoms with Crippen molar-refractivity contribution in [3.05, 3.63) is 11.1 Å². The van der Waals surface area contributed by atoms with Gasteiger partial charge in [-0.25, -0.2) is 14.6 Å². The van der Waals surface area contributed by atoms with E-state index in [1.165, 1.54) is 11.3 Å². The first kappa shape index (κ1) is 13.8. The molecular formula is C12H17N3O3S. The topological polar surface area (TPSA) is 91.3 Å². The lowest BCUT2D eigenvalue weighted by Crippen LogP contribution is -2.42. The van der Waals surface area contributed by atoms with Gasteiger partial charge in [-0.1, -0.05) is 13.3 Å². The van der Waals surface area contributed by atoms with E-state index in [1.54, 1.807) is 0 Å². The van der Waals surface area contributed by atoms with Crippen LogP contribution in [0.15, 0.2) is 5.38 Å². The number of thiazole rings is 1. The van der Waals surface area contributed by atoms with Crippen LogP contribution in [-0.4, -0.2) is 28.1 Å². The SMILES string of the molecule is CCCC(NC(=O)Nc1nc(C2CC2)cs1)C(=O)O. The number of carboxylic acid groups (broad SMARTS) is 1. The first-order valence-electron chi connectivity index (χ1n) is 6.36. The van der Waals surface area contributed by atoms with Gasteiger partial charge in [-0.05, 0) is 19.3 Å². The van der Waals surface area contributed by atoms with Gasteiger partial charge in [0.05, 0.1) is 5.69 Å². The third-order valence-electron chi connectivity index (χ3n) is 2.92. The van der Waals surface area contributed by atoms with Crippen molar-refractivity contribution in [1.29, 1.82) is 0 Å². The van der Waals surface area contributed by atoms with Crippen LogP contribution in [0.2, 0.25) is 0 Å². The summed E-state index contributed by atoms with van der Waals surface area (Å²) in [5.74, 6) is -0.475. The number of hydrogen-bond acceptors (Lipinski definition) is 4. The zero-order chi connectivity index (χ0) is 13.8. The molecule has 0 saturated heterocycles. The fourth-order valence-electron chi connectivity index (χ4n) is 1.75. The van der Waals surface area contributed by atoms with E-state index in [0.29, 0.717) is 23.9 Å². The van der Waals surface area contributed by atoms with Crippen LogP contribution < -0.4 is 10.6 Å². The van der Waals surface area contributed by atoms with Gasteiger partial charge in [0.2, 0.25) is 0 Å². The maximum absolute atomic E-state index is 11.7. The number of hydrogen-bond donors (Lipinski definition) is 3. The molecule has 104 valence electrons. The second-order valence-electron chi connectivity index (χ2n) is 4.63. The maximum Gasteiger partial charge on any atom is 0.326 e. The predicted octanol–water partition coefficient (Wildman–Crippen LogP) is 2.40. The second kappa shape index (κ2) is 6.01. The van der Waals surface area contributed by atoms with Gasteiger partial charge in [0.1, 0.15) is 6.04 Å². The van der Waals surface area contributed by atoms with E-state index in [-0.39, 0.29) is 0 Å². The number of aliphatic carboxylic acids is 1. The summed E-state index contributed by atoms with van der Waals surface area (Å²) in [6.07, 6.45) is 3.42. The molecule has 1 aliphatic carbocycles. The number of carbonyl (C=O) groups excluding carboxylic acids is 1. The van der Waals surface area contributed by atoms with Crippen molar-refractivity contribution in [2.24, 2.45) is 0 Å². The molecule has 1 atom stereocenters. The van der Waals surface area contributed by atoms with E-state index in [1.807, 2.05) is 12.3 Å². The zero-order valence-electron chi connectivity index (χ0n) is 10.7. The summed E-state index contributed by atoms with van der Waals surface area (Å²) < 4.78 is 0. The molecule has 0 bridgehead atoms. The minimum atomic E-state index is -1.02. The third kappa shape index (κ3) is 3.92. The van der Waals surface area contributed by atoms with Crippen LogP contribution in [0.25, 0.3) is 0 Å². The largest absolute Gasteiger partial charge is 0.480 e. The minimum absolute atomic E-state index is 0.411. The fraction of sp³-hybridized carbons (Fsp3) is 0.583. The monoisotopic (exact) mass is 283 g/mol. The molecule has 0 aliphatic heterocycles. The van der Waals surface area contributed by atoms with E-state index in [9.17, 15) is 9.59 Å². The Kier molecular flexibility index (Phi) is 4.36. The summed E-state index contributed by atoms with van der Waals surface area (Å²) in [5, 5.41) is 16.4. The highest BCUT2D eigenvalue weighted by molar-refractivity contribution is 7.13. The third-order valence-corrected chi connectivity index (χ3v) is 3.69. The molecule has 3 N–H and O–H groups in total. The Labute approximate surface area is 115 Å². The minimum Gasteiger partial charge on any atom is -0.480 e. The highest BCUT2D eigenvalue weighted by Crippen LogP contribution is 2.40. The predicted molar refractivity (Wildman–Crippen MR) is 72.6 cm³/mol. The van der Waals surface area contributed by atoms with Crippen molar-refractivity contribution in [2.75, 3.05) is 5.32 Å². The number of carbonyl (C=O) groups is 2. The molecule has 1 fully saturated rings. The quantitative estimate of drug-likeness (QED) is 0.747. The Morgan fingerprint density at radius 1 is 1.58 bits per heavy atom. The summed E-state index contributed by atoms with van der Waals surface area (Å²) >= 11 is 1.36. The summed E-state index contributed by atoms with van der Waals surface area (Å²) in [4.78, 5) is 26.9. The van der Waals surface area contributed by atoms with Gasteiger partial charge in [0.15, 0.2) is 5.13 Å². The lowest BCUT2D eigenvalue weighted by atomic mass is 10.2. The maximum atomic E-state index is 11.7. The molecule has 0 spiro atoms. The molecule has 1 saturated carbocycles. The van der Waals surface area contributed by atoms with Gasteiger partial charge in [-0.3, -0.25) is 5.32 Å². The van der Waals surface area contributed by atoms with Gasteiger partial charge < -0.3 is 10.4 Å². The van der Waals surface area contributed by atoms with Crippen LogP contribution in [-0.2, 0) is 4.79 Å². The lowest BCUT2D eigenvalue weighted by Gasteiger charge is -2.13. The van der Waals surface area contributed by atoms with Gasteiger partial charge >= 0.3 is 12.0 Å². The van der Waals surface area contributed by atoms with Crippen molar-refractivity contribution < 1.29 is 14.7 Å². The highest BCUT2D eigenvalue weighted by atomic mass is 32.1. The number of nitrogens with one attached hydrogen (secondary N) is 2. The molecular weight excluding hydrogens is 266 g/mol. The highest BCUT2D eigenvalue weighted by Gasteiger charge is 2.26. The molecule has 1 aromatic heterocycles. The van der Waals surface area contributed by atoms with Gasteiger partial charge in [-0.2, -0.15) is 0 Å². The van der Waals surface area contributed by atoms with E-state index in [2.05, 4.69) is 15.6 Å². The Bertz CT molecular complexity index is 471. The Morgan fingerprint density at radius 2 is 2.32 bits per heavy atom. The Balaban J connectivity index is 1.86. The molecule has 0 radical (unpaired) electrons. The molecule has 2 amide bonds. The second-order valence-corrected chi connectivity index (χ2v) is 5.49. The molecule has 7 heteroatoms. The van der Waals surface area contributed by atoms with Crippen LogP contribution in [0.4, 0.5) is 9.93 Å². The van der Waals surface area contributed by atoms with E-state index in [4.69, 9.17) is 5.11 Å². The average Bonchev–Trinajstić information content (AvgIpc) is 3.10. The van der Waals surface area contributed by atoms with Crippen LogP contribution in [0.1, 0.15) is 44.2 Å². The first-order valence-corrected chi connectivity index (χ1v) is 7.24. The number of rotatable bonds is 6. The summed E-state index contributed by atoms with van der Waals surface area (Å²) in [6, 6.07) is -1.37. The van der Waals surface area contributed by atoms with Crippen molar-refractivity contribution in [2.45, 2.75) is 44.6 Å². The smallest absolute Gasteiger partial charge is 0.326 e. The number of aromatic nitrogens is 1. The average molecular weight is 283 g/mol. The number of amides is 2. The van der Waals surface area contributed by atoms with Crippen LogP contribution >= 0.6 is 11.3 Å². The molecule has 1 heterocycles. The molecule has 1 unspecified atom stereocenters. The molecule has 6 nitrogen and oxygen atoms in total. The summed E-state index contributed by atoms with van der Waals surface area (Å²) in [5.41, 5.74) is 1.02. The Morgan fingerprint density at radius 3 is 2.89 bits per heavy atom. The summed E-state index contributed by atoms with van der Waals surface area (Å²) in [7, 11) is 0. The molecule has 2 rings (SSSR count). The molecule has 1 aliphatic rings. The van der Waals surface area contributed by atoms with Crippen LogP contribution in [0.3, 0.4) is 0 Å². The lowest BCUT2D eigenvalue weighted by molar-refractivity contribution is -0.139. The first-order chi connectivity index (χ1) is 9.10. The molecule has 19 heavy (non-hydrogen) atoms. The number of carboxylic acids is 1. The van der Waals surface area contributed by atoms with Crippen LogP contribution in [0.5, 0.6) is 0 Å². The fourth-order valence-corrected chi connectivity index (χ4v) is 2.53. The summed E-state index contributed by atoms with van der Waals surface area (Å²) in [6.45, 7) is 1.87. The van der Waals surface area contributed by atoms with E-state index < -0.39 is 18.0 Å². The zero-order valence-corrected chi connectivity index (χ0v) is 11.5. The van der Waals surface area contributed by atoms with Crippen molar-refractivity contribution >= 4 is 28.5 Å². The van der Waals surface area contributed by atoms with E-state index in [0.717, 1.165) is 18.5 Å². The van der Waals surface area contributed by atoms with Gasteiger partial charge in [-0.15, -0.1) is 11.3 Å². The number of nitrogens with zero attached hydrogens (tertiary/aromatic N) is 1. The van der Waals surface area contributed by atoms with Gasteiger partial charge in [0, 0.05) is 11.3 Å². The Hall–Kier alpha value is -1.63. The standard InChI is InChI=1S/C12H17N3O3S/c1-2-3-8(10(16)17)13-11(18)15-12-14-9(6-19-12)7-4-5-7/h6-8H,2-5H2,1H3,(H,16,17)(H2,13,14,15,18). The van der Waals surface area contributed by atoms with Crippen molar-refractivity contribution in [3.8, 4) is 0 Å². The number of urea groups is 1. The van der Waals surface area contributed by atoms with Crippen molar-refractivity contribution in [1.82, 2.24) is 10.3 Å². The van der Waals surface area contributed by atoms with E-state index >= 15 is 0 Å². The van der Waals surface area contributed by atoms with Gasteiger partial charge in [0.25, 0.3) is 0 Å². The normalized spacial score (nSPS) is 15.8.